The Morgan fingerprint density at radius 1 is 1.25 bits per heavy atom. The average Bonchev–Trinajstić information content (AvgIpc) is 2.97. The van der Waals surface area contributed by atoms with Gasteiger partial charge in [0.05, 0.1) is 5.52 Å². The van der Waals surface area contributed by atoms with Crippen molar-refractivity contribution in [2.45, 2.75) is 32.2 Å². The molecule has 1 aliphatic carbocycles. The fraction of sp³-hybridized carbons (Fsp3) is 0.500. The number of nitrogens with two attached hydrogens (primary N) is 1. The number of nitrogens with zero attached hydrogens (tertiary/aromatic N) is 3. The predicted molar refractivity (Wildman–Crippen MR) is 82.7 cm³/mol. The van der Waals surface area contributed by atoms with Crippen LogP contribution >= 0.6 is 0 Å². The molecular formula is C16H22N4. The molecule has 0 spiro atoms. The number of aromatic nitrogens is 2. The number of hydrogen-bond donors (Lipinski definition) is 1. The number of rotatable bonds is 4. The van der Waals surface area contributed by atoms with Crippen molar-refractivity contribution in [1.29, 1.82) is 0 Å². The third-order valence-corrected chi connectivity index (χ3v) is 4.46. The number of benzene rings is 1. The highest BCUT2D eigenvalue weighted by molar-refractivity contribution is 5.89. The van der Waals surface area contributed by atoms with Crippen LogP contribution in [0.15, 0.2) is 30.6 Å². The molecule has 0 radical (unpaired) electrons. The summed E-state index contributed by atoms with van der Waals surface area (Å²) in [5.74, 6) is 1.65. The number of hydrogen-bond acceptors (Lipinski definition) is 4. The fourth-order valence-corrected chi connectivity index (χ4v) is 3.46. The number of fused-ring (bicyclic) bond motifs is 1. The van der Waals surface area contributed by atoms with E-state index in [1.54, 1.807) is 6.33 Å². The normalized spacial score (nSPS) is 22.3. The first kappa shape index (κ1) is 13.3. The van der Waals surface area contributed by atoms with Crippen LogP contribution in [0, 0.1) is 5.92 Å². The van der Waals surface area contributed by atoms with Crippen LogP contribution < -0.4 is 10.6 Å². The molecule has 1 saturated carbocycles. The molecule has 1 fully saturated rings. The van der Waals surface area contributed by atoms with Crippen molar-refractivity contribution in [2.75, 3.05) is 18.0 Å². The van der Waals surface area contributed by atoms with E-state index < -0.39 is 0 Å². The lowest BCUT2D eigenvalue weighted by atomic mass is 10.0. The molecule has 0 amide bonds. The summed E-state index contributed by atoms with van der Waals surface area (Å²) in [5, 5.41) is 1.14. The van der Waals surface area contributed by atoms with Crippen LogP contribution in [0.2, 0.25) is 0 Å². The molecule has 1 aromatic heterocycles. The smallest absolute Gasteiger partial charge is 0.140 e. The Morgan fingerprint density at radius 2 is 2.10 bits per heavy atom. The molecule has 20 heavy (non-hydrogen) atoms. The van der Waals surface area contributed by atoms with Crippen molar-refractivity contribution in [3.8, 4) is 0 Å². The van der Waals surface area contributed by atoms with Gasteiger partial charge in [-0.2, -0.15) is 0 Å². The van der Waals surface area contributed by atoms with Gasteiger partial charge < -0.3 is 10.6 Å². The van der Waals surface area contributed by atoms with Crippen LogP contribution in [0.3, 0.4) is 0 Å². The van der Waals surface area contributed by atoms with Crippen molar-refractivity contribution in [3.05, 3.63) is 30.6 Å². The van der Waals surface area contributed by atoms with Crippen molar-refractivity contribution in [1.82, 2.24) is 9.97 Å². The summed E-state index contributed by atoms with van der Waals surface area (Å²) in [5.41, 5.74) is 6.96. The van der Waals surface area contributed by atoms with Gasteiger partial charge in [-0.05, 0) is 44.4 Å². The zero-order valence-corrected chi connectivity index (χ0v) is 12.0. The van der Waals surface area contributed by atoms with Crippen LogP contribution in [0.5, 0.6) is 0 Å². The minimum absolute atomic E-state index is 0.517. The summed E-state index contributed by atoms with van der Waals surface area (Å²) < 4.78 is 0. The monoisotopic (exact) mass is 270 g/mol. The van der Waals surface area contributed by atoms with Gasteiger partial charge in [-0.1, -0.05) is 18.6 Å². The second-order valence-corrected chi connectivity index (χ2v) is 5.49. The van der Waals surface area contributed by atoms with Crippen molar-refractivity contribution < 1.29 is 0 Å². The van der Waals surface area contributed by atoms with Gasteiger partial charge in [-0.15, -0.1) is 0 Å². The van der Waals surface area contributed by atoms with Gasteiger partial charge in [0.25, 0.3) is 0 Å². The highest BCUT2D eigenvalue weighted by Gasteiger charge is 2.31. The number of para-hydroxylation sites is 1. The zero-order chi connectivity index (χ0) is 13.9. The van der Waals surface area contributed by atoms with Crippen molar-refractivity contribution in [3.63, 3.8) is 0 Å². The first-order valence-corrected chi connectivity index (χ1v) is 7.51. The van der Waals surface area contributed by atoms with Gasteiger partial charge in [0.2, 0.25) is 0 Å². The largest absolute Gasteiger partial charge is 0.353 e. The molecular weight excluding hydrogens is 248 g/mol. The third-order valence-electron chi connectivity index (χ3n) is 4.46. The van der Waals surface area contributed by atoms with E-state index in [9.17, 15) is 0 Å². The van der Waals surface area contributed by atoms with E-state index in [0.717, 1.165) is 29.8 Å². The van der Waals surface area contributed by atoms with Crippen molar-refractivity contribution in [2.24, 2.45) is 11.7 Å². The first-order valence-electron chi connectivity index (χ1n) is 7.51. The van der Waals surface area contributed by atoms with Gasteiger partial charge in [-0.3, -0.25) is 0 Å². The fourth-order valence-electron chi connectivity index (χ4n) is 3.46. The molecule has 4 heteroatoms. The second kappa shape index (κ2) is 5.75. The summed E-state index contributed by atoms with van der Waals surface area (Å²) in [6, 6.07) is 8.75. The first-order chi connectivity index (χ1) is 9.85. The zero-order valence-electron chi connectivity index (χ0n) is 12.0. The third kappa shape index (κ3) is 2.24. The average molecular weight is 270 g/mol. The Bertz CT molecular complexity index is 578. The van der Waals surface area contributed by atoms with Crippen LogP contribution in [-0.2, 0) is 0 Å². The van der Waals surface area contributed by atoms with Crippen LogP contribution in [-0.4, -0.2) is 29.1 Å². The highest BCUT2D eigenvalue weighted by Crippen LogP contribution is 2.33. The molecule has 0 bridgehead atoms. The molecule has 1 heterocycles. The molecule has 2 atom stereocenters. The van der Waals surface area contributed by atoms with E-state index in [-0.39, 0.29) is 0 Å². The van der Waals surface area contributed by atoms with E-state index in [1.807, 2.05) is 12.1 Å². The standard InChI is InChI=1S/C16H22N4/c1-2-20(15-9-5-6-12(15)10-17)16-13-7-3-4-8-14(13)18-11-19-16/h3-4,7-8,11-12,15H,2,5-6,9-10,17H2,1H3. The van der Waals surface area contributed by atoms with E-state index in [1.165, 1.54) is 19.3 Å². The molecule has 4 nitrogen and oxygen atoms in total. The molecule has 1 aromatic carbocycles. The summed E-state index contributed by atoms with van der Waals surface area (Å²) in [6.07, 6.45) is 5.40. The highest BCUT2D eigenvalue weighted by atomic mass is 15.2. The van der Waals surface area contributed by atoms with Crippen molar-refractivity contribution >= 4 is 16.7 Å². The summed E-state index contributed by atoms with van der Waals surface area (Å²) >= 11 is 0. The minimum Gasteiger partial charge on any atom is -0.353 e. The van der Waals surface area contributed by atoms with E-state index in [2.05, 4.69) is 33.9 Å². The predicted octanol–water partition coefficient (Wildman–Crippen LogP) is 2.58. The Morgan fingerprint density at radius 3 is 2.90 bits per heavy atom. The molecule has 0 saturated heterocycles. The Hall–Kier alpha value is -1.68. The van der Waals surface area contributed by atoms with E-state index in [0.29, 0.717) is 12.0 Å². The lowest BCUT2D eigenvalue weighted by molar-refractivity contribution is 0.460. The van der Waals surface area contributed by atoms with Crippen LogP contribution in [0.25, 0.3) is 10.9 Å². The molecule has 2 aromatic rings. The van der Waals surface area contributed by atoms with E-state index >= 15 is 0 Å². The summed E-state index contributed by atoms with van der Waals surface area (Å²) in [4.78, 5) is 11.4. The molecule has 2 N–H and O–H groups in total. The van der Waals surface area contributed by atoms with E-state index in [4.69, 9.17) is 5.73 Å². The Kier molecular flexibility index (Phi) is 3.83. The molecule has 2 unspecified atom stereocenters. The Labute approximate surface area is 120 Å². The van der Waals surface area contributed by atoms with Crippen LogP contribution in [0.4, 0.5) is 5.82 Å². The Balaban J connectivity index is 2.03. The van der Waals surface area contributed by atoms with Gasteiger partial charge in [0.1, 0.15) is 12.1 Å². The van der Waals surface area contributed by atoms with Gasteiger partial charge >= 0.3 is 0 Å². The topological polar surface area (TPSA) is 55.0 Å². The second-order valence-electron chi connectivity index (χ2n) is 5.49. The SMILES string of the molecule is CCN(c1ncnc2ccccc12)C1CCCC1CN. The number of anilines is 1. The minimum atomic E-state index is 0.517. The van der Waals surface area contributed by atoms with Gasteiger partial charge in [0.15, 0.2) is 0 Å². The van der Waals surface area contributed by atoms with Gasteiger partial charge in [0, 0.05) is 18.0 Å². The summed E-state index contributed by atoms with van der Waals surface area (Å²) in [6.45, 7) is 3.93. The maximum atomic E-state index is 5.95. The summed E-state index contributed by atoms with van der Waals surface area (Å²) in [7, 11) is 0. The quantitative estimate of drug-likeness (QED) is 0.927. The maximum Gasteiger partial charge on any atom is 0.140 e. The van der Waals surface area contributed by atoms with Gasteiger partial charge in [-0.25, -0.2) is 9.97 Å². The molecule has 106 valence electrons. The maximum absolute atomic E-state index is 5.95. The molecule has 0 aliphatic heterocycles. The lowest BCUT2D eigenvalue weighted by Crippen LogP contribution is -2.41. The molecule has 3 rings (SSSR count). The molecule has 1 aliphatic rings. The van der Waals surface area contributed by atoms with Crippen LogP contribution in [0.1, 0.15) is 26.2 Å². The lowest BCUT2D eigenvalue weighted by Gasteiger charge is -2.33.